The molecule has 0 bridgehead atoms. The van der Waals surface area contributed by atoms with Gasteiger partial charge in [0.15, 0.2) is 0 Å². The smallest absolute Gasteiger partial charge is 0.0807 e. The molecular formula is C25H32N4. The van der Waals surface area contributed by atoms with Crippen LogP contribution in [0, 0.1) is 11.8 Å². The standard InChI is InChI=1S/C25H32N4/c1-3-4-12-23(13-10-17-27-21-25-15-6-8-19-29-25)22(2)11-9-16-26-20-24-14-5-7-18-28-24/h3,5-8,12,14-15,18-23H,9-11,13,16-17H2,1-2H3. The fourth-order valence-corrected chi connectivity index (χ4v) is 3.11. The number of rotatable bonds is 12. The molecule has 0 aromatic carbocycles. The van der Waals surface area contributed by atoms with E-state index in [1.807, 2.05) is 61.8 Å². The minimum Gasteiger partial charge on any atom is -0.291 e. The van der Waals surface area contributed by atoms with E-state index in [9.17, 15) is 0 Å². The number of allylic oxidation sites excluding steroid dienone is 1. The van der Waals surface area contributed by atoms with E-state index in [0.717, 1.165) is 50.2 Å². The molecule has 2 aromatic rings. The van der Waals surface area contributed by atoms with Crippen molar-refractivity contribution in [1.29, 1.82) is 0 Å². The van der Waals surface area contributed by atoms with Gasteiger partial charge in [-0.2, -0.15) is 0 Å². The molecule has 0 fully saturated rings. The maximum absolute atomic E-state index is 4.51. The minimum atomic E-state index is 0.524. The quantitative estimate of drug-likeness (QED) is 0.271. The van der Waals surface area contributed by atoms with Gasteiger partial charge in [-0.25, -0.2) is 0 Å². The summed E-state index contributed by atoms with van der Waals surface area (Å²) in [6.07, 6.45) is 16.0. The molecule has 2 rings (SSSR count). The lowest BCUT2D eigenvalue weighted by Gasteiger charge is -2.19. The molecule has 152 valence electrons. The maximum Gasteiger partial charge on any atom is 0.0807 e. The van der Waals surface area contributed by atoms with Crippen LogP contribution in [-0.4, -0.2) is 35.5 Å². The predicted molar refractivity (Wildman–Crippen MR) is 123 cm³/mol. The SMILES string of the molecule is CC=C=CC(CCCN=Cc1ccccn1)C(C)CCCN=Cc1ccccn1. The third-order valence-electron chi connectivity index (χ3n) is 4.80. The van der Waals surface area contributed by atoms with E-state index >= 15 is 0 Å². The van der Waals surface area contributed by atoms with Crippen LogP contribution in [0.2, 0.25) is 0 Å². The fraction of sp³-hybridized carbons (Fsp3) is 0.400. The zero-order valence-electron chi connectivity index (χ0n) is 17.6. The summed E-state index contributed by atoms with van der Waals surface area (Å²) in [5, 5.41) is 0. The first-order valence-corrected chi connectivity index (χ1v) is 10.5. The zero-order chi connectivity index (χ0) is 20.6. The van der Waals surface area contributed by atoms with Gasteiger partial charge in [0.1, 0.15) is 0 Å². The Morgan fingerprint density at radius 1 is 0.897 bits per heavy atom. The number of nitrogens with zero attached hydrogens (tertiary/aromatic N) is 4. The van der Waals surface area contributed by atoms with E-state index < -0.39 is 0 Å². The van der Waals surface area contributed by atoms with Gasteiger partial charge in [0.2, 0.25) is 0 Å². The Hall–Kier alpha value is -2.84. The average Bonchev–Trinajstić information content (AvgIpc) is 2.76. The van der Waals surface area contributed by atoms with E-state index in [2.05, 4.69) is 38.7 Å². The van der Waals surface area contributed by atoms with Crippen molar-refractivity contribution in [1.82, 2.24) is 9.97 Å². The van der Waals surface area contributed by atoms with Gasteiger partial charge in [-0.3, -0.25) is 20.0 Å². The molecular weight excluding hydrogens is 356 g/mol. The Labute approximate surface area is 175 Å². The van der Waals surface area contributed by atoms with E-state index in [-0.39, 0.29) is 0 Å². The second-order valence-electron chi connectivity index (χ2n) is 7.13. The molecule has 0 spiro atoms. The summed E-state index contributed by atoms with van der Waals surface area (Å²) >= 11 is 0. The summed E-state index contributed by atoms with van der Waals surface area (Å²) in [4.78, 5) is 17.5. The molecule has 0 saturated carbocycles. The molecule has 0 aliphatic carbocycles. The van der Waals surface area contributed by atoms with Crippen LogP contribution in [0.5, 0.6) is 0 Å². The minimum absolute atomic E-state index is 0.524. The van der Waals surface area contributed by atoms with Crippen molar-refractivity contribution in [3.63, 3.8) is 0 Å². The summed E-state index contributed by atoms with van der Waals surface area (Å²) in [5.41, 5.74) is 5.11. The Morgan fingerprint density at radius 2 is 1.48 bits per heavy atom. The monoisotopic (exact) mass is 388 g/mol. The molecule has 0 aliphatic rings. The highest BCUT2D eigenvalue weighted by atomic mass is 14.8. The normalized spacial score (nSPS) is 13.3. The van der Waals surface area contributed by atoms with E-state index in [1.54, 1.807) is 12.4 Å². The molecule has 0 aliphatic heterocycles. The van der Waals surface area contributed by atoms with Crippen molar-refractivity contribution < 1.29 is 0 Å². The zero-order valence-corrected chi connectivity index (χ0v) is 17.6. The number of hydrogen-bond acceptors (Lipinski definition) is 4. The summed E-state index contributed by atoms with van der Waals surface area (Å²) in [7, 11) is 0. The van der Waals surface area contributed by atoms with Gasteiger partial charge < -0.3 is 0 Å². The molecule has 0 radical (unpaired) electrons. The lowest BCUT2D eigenvalue weighted by Crippen LogP contribution is -2.10. The van der Waals surface area contributed by atoms with Crippen LogP contribution in [0.4, 0.5) is 0 Å². The van der Waals surface area contributed by atoms with Crippen molar-refractivity contribution in [2.24, 2.45) is 21.8 Å². The highest BCUT2D eigenvalue weighted by Gasteiger charge is 2.13. The average molecular weight is 389 g/mol. The van der Waals surface area contributed by atoms with E-state index in [0.29, 0.717) is 11.8 Å². The van der Waals surface area contributed by atoms with Crippen LogP contribution in [-0.2, 0) is 0 Å². The van der Waals surface area contributed by atoms with Crippen molar-refractivity contribution in [2.75, 3.05) is 13.1 Å². The lowest BCUT2D eigenvalue weighted by atomic mass is 9.86. The van der Waals surface area contributed by atoms with Crippen LogP contribution < -0.4 is 0 Å². The molecule has 2 unspecified atom stereocenters. The first-order valence-electron chi connectivity index (χ1n) is 10.5. The van der Waals surface area contributed by atoms with E-state index in [1.165, 1.54) is 0 Å². The number of aromatic nitrogens is 2. The number of hydrogen-bond donors (Lipinski definition) is 0. The molecule has 0 N–H and O–H groups in total. The Bertz CT molecular complexity index is 790. The lowest BCUT2D eigenvalue weighted by molar-refractivity contribution is 0.368. The van der Waals surface area contributed by atoms with Gasteiger partial charge in [-0.1, -0.05) is 19.1 Å². The summed E-state index contributed by atoms with van der Waals surface area (Å²) < 4.78 is 0. The molecule has 2 atom stereocenters. The van der Waals surface area contributed by atoms with Crippen LogP contribution in [0.25, 0.3) is 0 Å². The number of pyridine rings is 2. The molecule has 0 saturated heterocycles. The summed E-state index contributed by atoms with van der Waals surface area (Å²) in [5.74, 6) is 1.13. The topological polar surface area (TPSA) is 50.5 Å². The summed E-state index contributed by atoms with van der Waals surface area (Å²) in [6.45, 7) is 6.02. The summed E-state index contributed by atoms with van der Waals surface area (Å²) in [6, 6.07) is 11.7. The third-order valence-corrected chi connectivity index (χ3v) is 4.80. The largest absolute Gasteiger partial charge is 0.291 e. The first-order chi connectivity index (χ1) is 14.3. The van der Waals surface area contributed by atoms with Gasteiger partial charge in [-0.05, 0) is 80.9 Å². The Balaban J connectivity index is 1.72. The van der Waals surface area contributed by atoms with Crippen LogP contribution >= 0.6 is 0 Å². The maximum atomic E-state index is 4.51. The second kappa shape index (κ2) is 14.2. The van der Waals surface area contributed by atoms with Gasteiger partial charge >= 0.3 is 0 Å². The molecule has 29 heavy (non-hydrogen) atoms. The Morgan fingerprint density at radius 3 is 2.00 bits per heavy atom. The molecule has 0 amide bonds. The third kappa shape index (κ3) is 9.77. The predicted octanol–water partition coefficient (Wildman–Crippen LogP) is 5.56. The van der Waals surface area contributed by atoms with Crippen LogP contribution in [0.3, 0.4) is 0 Å². The van der Waals surface area contributed by atoms with Crippen LogP contribution in [0.1, 0.15) is 50.9 Å². The van der Waals surface area contributed by atoms with Crippen molar-refractivity contribution in [2.45, 2.75) is 39.5 Å². The highest BCUT2D eigenvalue weighted by molar-refractivity contribution is 5.77. The van der Waals surface area contributed by atoms with E-state index in [4.69, 9.17) is 0 Å². The molecule has 4 nitrogen and oxygen atoms in total. The van der Waals surface area contributed by atoms with Crippen molar-refractivity contribution >= 4 is 12.4 Å². The first kappa shape index (κ1) is 22.4. The van der Waals surface area contributed by atoms with Gasteiger partial charge in [-0.15, -0.1) is 5.73 Å². The number of aliphatic imine (C=N–C) groups is 2. The molecule has 2 heterocycles. The van der Waals surface area contributed by atoms with Gasteiger partial charge in [0.05, 0.1) is 11.4 Å². The van der Waals surface area contributed by atoms with Crippen molar-refractivity contribution in [3.05, 3.63) is 78.1 Å². The molecule has 2 aromatic heterocycles. The van der Waals surface area contributed by atoms with Gasteiger partial charge in [0, 0.05) is 37.9 Å². The van der Waals surface area contributed by atoms with Gasteiger partial charge in [0.25, 0.3) is 0 Å². The Kier molecular flexibility index (Phi) is 11.0. The van der Waals surface area contributed by atoms with Crippen LogP contribution in [0.15, 0.2) is 76.7 Å². The van der Waals surface area contributed by atoms with Crippen molar-refractivity contribution in [3.8, 4) is 0 Å². The fourth-order valence-electron chi connectivity index (χ4n) is 3.11. The second-order valence-corrected chi connectivity index (χ2v) is 7.13. The highest BCUT2D eigenvalue weighted by Crippen LogP contribution is 2.23. The molecule has 4 heteroatoms.